The molecule has 3 rings (SSSR count). The van der Waals surface area contributed by atoms with E-state index in [1.54, 1.807) is 4.88 Å². The first-order valence-electron chi connectivity index (χ1n) is 8.72. The number of hydrogen-bond acceptors (Lipinski definition) is 2. The molecular formula is C19H31NS. The Morgan fingerprint density at radius 3 is 2.29 bits per heavy atom. The molecule has 1 aromatic heterocycles. The van der Waals surface area contributed by atoms with Gasteiger partial charge in [0.05, 0.1) is 0 Å². The van der Waals surface area contributed by atoms with Crippen molar-refractivity contribution < 1.29 is 0 Å². The second-order valence-corrected chi connectivity index (χ2v) is 9.58. The average molecular weight is 306 g/mol. The Morgan fingerprint density at radius 2 is 1.76 bits per heavy atom. The van der Waals surface area contributed by atoms with E-state index in [2.05, 4.69) is 43.6 Å². The summed E-state index contributed by atoms with van der Waals surface area (Å²) in [7, 11) is 0. The van der Waals surface area contributed by atoms with Crippen molar-refractivity contribution in [3.63, 3.8) is 0 Å². The highest BCUT2D eigenvalue weighted by molar-refractivity contribution is 7.10. The van der Waals surface area contributed by atoms with E-state index in [0.717, 1.165) is 6.54 Å². The van der Waals surface area contributed by atoms with Gasteiger partial charge in [0.15, 0.2) is 0 Å². The van der Waals surface area contributed by atoms with Gasteiger partial charge in [0.2, 0.25) is 0 Å². The fourth-order valence-corrected chi connectivity index (χ4v) is 5.54. The lowest BCUT2D eigenvalue weighted by Gasteiger charge is -2.57. The summed E-state index contributed by atoms with van der Waals surface area (Å²) in [5.74, 6) is 0. The summed E-state index contributed by atoms with van der Waals surface area (Å²) in [4.78, 5) is 1.62. The third kappa shape index (κ3) is 3.37. The van der Waals surface area contributed by atoms with Crippen LogP contribution in [0.3, 0.4) is 0 Å². The van der Waals surface area contributed by atoms with Gasteiger partial charge in [-0.25, -0.2) is 0 Å². The zero-order valence-corrected chi connectivity index (χ0v) is 14.8. The second-order valence-electron chi connectivity index (χ2n) is 8.63. The van der Waals surface area contributed by atoms with Crippen molar-refractivity contribution in [2.45, 2.75) is 83.1 Å². The van der Waals surface area contributed by atoms with Crippen LogP contribution in [-0.4, -0.2) is 12.1 Å². The summed E-state index contributed by atoms with van der Waals surface area (Å²) in [6.07, 6.45) is 11.7. The van der Waals surface area contributed by atoms with E-state index in [9.17, 15) is 0 Å². The fraction of sp³-hybridized carbons (Fsp3) is 0.789. The van der Waals surface area contributed by atoms with Gasteiger partial charge in [-0.1, -0.05) is 31.7 Å². The average Bonchev–Trinajstić information content (AvgIpc) is 2.80. The highest BCUT2D eigenvalue weighted by atomic mass is 32.1. The maximum absolute atomic E-state index is 3.80. The van der Waals surface area contributed by atoms with Gasteiger partial charge >= 0.3 is 0 Å². The van der Waals surface area contributed by atoms with Crippen LogP contribution >= 0.6 is 11.3 Å². The van der Waals surface area contributed by atoms with Gasteiger partial charge < -0.3 is 5.32 Å². The lowest BCUT2D eigenvalue weighted by atomic mass is 9.49. The van der Waals surface area contributed by atoms with E-state index < -0.39 is 0 Å². The molecule has 2 heteroatoms. The topological polar surface area (TPSA) is 12.0 Å². The molecule has 1 spiro atoms. The van der Waals surface area contributed by atoms with Crippen molar-refractivity contribution in [3.05, 3.63) is 22.4 Å². The third-order valence-electron chi connectivity index (χ3n) is 5.59. The van der Waals surface area contributed by atoms with E-state index in [0.29, 0.717) is 10.8 Å². The molecule has 1 heterocycles. The number of thiophene rings is 1. The van der Waals surface area contributed by atoms with Gasteiger partial charge in [-0.2, -0.15) is 0 Å². The molecule has 0 saturated heterocycles. The first kappa shape index (κ1) is 15.6. The first-order valence-corrected chi connectivity index (χ1v) is 9.60. The third-order valence-corrected chi connectivity index (χ3v) is 6.71. The number of nitrogens with one attached hydrogen (secondary N) is 1. The summed E-state index contributed by atoms with van der Waals surface area (Å²) in [6, 6.07) is 4.61. The Hall–Kier alpha value is -0.340. The first-order chi connectivity index (χ1) is 9.93. The van der Waals surface area contributed by atoms with Gasteiger partial charge in [-0.3, -0.25) is 0 Å². The minimum absolute atomic E-state index is 0.219. The molecule has 2 aliphatic rings. The summed E-state index contributed by atoms with van der Waals surface area (Å²) in [5, 5.41) is 6.05. The van der Waals surface area contributed by atoms with E-state index >= 15 is 0 Å². The van der Waals surface area contributed by atoms with Gasteiger partial charge in [-0.05, 0) is 63.3 Å². The maximum atomic E-state index is 3.80. The predicted molar refractivity (Wildman–Crippen MR) is 93.1 cm³/mol. The molecular weight excluding hydrogens is 274 g/mol. The standard InChI is InChI=1S/C19H31NS/c1-17(2,3)20-15-19(16-9-8-12-21-16)13-18(14-19)10-6-4-5-7-11-18/h8-9,12,20H,4-7,10-11,13-15H2,1-3H3. The van der Waals surface area contributed by atoms with Crippen molar-refractivity contribution in [2.75, 3.05) is 6.54 Å². The molecule has 1 aromatic rings. The van der Waals surface area contributed by atoms with Crippen molar-refractivity contribution in [1.82, 2.24) is 5.32 Å². The number of rotatable bonds is 3. The lowest BCUT2D eigenvalue weighted by Crippen LogP contribution is -2.56. The van der Waals surface area contributed by atoms with Crippen LogP contribution in [0, 0.1) is 5.41 Å². The quantitative estimate of drug-likeness (QED) is 0.776. The summed E-state index contributed by atoms with van der Waals surface area (Å²) in [5.41, 5.74) is 1.32. The van der Waals surface area contributed by atoms with Gasteiger partial charge in [0, 0.05) is 22.4 Å². The van der Waals surface area contributed by atoms with Gasteiger partial charge in [-0.15, -0.1) is 11.3 Å². The van der Waals surface area contributed by atoms with Crippen LogP contribution in [-0.2, 0) is 5.41 Å². The van der Waals surface area contributed by atoms with Crippen molar-refractivity contribution in [3.8, 4) is 0 Å². The minimum Gasteiger partial charge on any atom is -0.311 e. The minimum atomic E-state index is 0.219. The molecule has 0 aromatic carbocycles. The highest BCUT2D eigenvalue weighted by Crippen LogP contribution is 2.61. The molecule has 1 nitrogen and oxygen atoms in total. The Balaban J connectivity index is 1.74. The summed E-state index contributed by atoms with van der Waals surface area (Å²) >= 11 is 1.97. The predicted octanol–water partition coefficient (Wildman–Crippen LogP) is 5.51. The maximum Gasteiger partial charge on any atom is 0.0182 e. The van der Waals surface area contributed by atoms with E-state index in [4.69, 9.17) is 0 Å². The molecule has 21 heavy (non-hydrogen) atoms. The van der Waals surface area contributed by atoms with Crippen LogP contribution in [0.1, 0.15) is 77.0 Å². The van der Waals surface area contributed by atoms with Crippen LogP contribution in [0.5, 0.6) is 0 Å². The molecule has 0 aliphatic heterocycles. The Bertz CT molecular complexity index is 438. The zero-order chi connectivity index (χ0) is 15.0. The highest BCUT2D eigenvalue weighted by Gasteiger charge is 2.54. The SMILES string of the molecule is CC(C)(C)NCC1(c2cccs2)CC2(CCCCCC2)C1. The molecule has 2 aliphatic carbocycles. The van der Waals surface area contributed by atoms with E-state index in [1.807, 2.05) is 11.3 Å². The van der Waals surface area contributed by atoms with Crippen molar-refractivity contribution >= 4 is 11.3 Å². The smallest absolute Gasteiger partial charge is 0.0182 e. The normalized spacial score (nSPS) is 24.5. The molecule has 1 N–H and O–H groups in total. The van der Waals surface area contributed by atoms with Crippen molar-refractivity contribution in [2.24, 2.45) is 5.41 Å². The molecule has 0 radical (unpaired) electrons. The molecule has 0 amide bonds. The Kier molecular flexibility index (Phi) is 4.22. The van der Waals surface area contributed by atoms with Gasteiger partial charge in [0.25, 0.3) is 0 Å². The molecule has 0 atom stereocenters. The molecule has 0 unspecified atom stereocenters. The van der Waals surface area contributed by atoms with Crippen LogP contribution in [0.15, 0.2) is 17.5 Å². The summed E-state index contributed by atoms with van der Waals surface area (Å²) in [6.45, 7) is 8.01. The molecule has 2 saturated carbocycles. The zero-order valence-electron chi connectivity index (χ0n) is 14.0. The van der Waals surface area contributed by atoms with E-state index in [-0.39, 0.29) is 5.54 Å². The van der Waals surface area contributed by atoms with E-state index in [1.165, 1.54) is 51.4 Å². The molecule has 118 valence electrons. The van der Waals surface area contributed by atoms with Crippen LogP contribution in [0.2, 0.25) is 0 Å². The van der Waals surface area contributed by atoms with Crippen LogP contribution < -0.4 is 5.32 Å². The second kappa shape index (κ2) is 5.70. The molecule has 0 bridgehead atoms. The largest absolute Gasteiger partial charge is 0.311 e. The lowest BCUT2D eigenvalue weighted by molar-refractivity contribution is 0.00504. The Labute approximate surface area is 134 Å². The van der Waals surface area contributed by atoms with Crippen LogP contribution in [0.25, 0.3) is 0 Å². The van der Waals surface area contributed by atoms with Crippen molar-refractivity contribution in [1.29, 1.82) is 0 Å². The van der Waals surface area contributed by atoms with Crippen LogP contribution in [0.4, 0.5) is 0 Å². The monoisotopic (exact) mass is 305 g/mol. The number of hydrogen-bond donors (Lipinski definition) is 1. The molecule has 2 fully saturated rings. The van der Waals surface area contributed by atoms with Gasteiger partial charge in [0.1, 0.15) is 0 Å². The summed E-state index contributed by atoms with van der Waals surface area (Å²) < 4.78 is 0. The fourth-order valence-electron chi connectivity index (χ4n) is 4.62. The Morgan fingerprint density at radius 1 is 1.10 bits per heavy atom.